The second-order valence-electron chi connectivity index (χ2n) is 13.1. The Morgan fingerprint density at radius 3 is 2.81 bits per heavy atom. The van der Waals surface area contributed by atoms with Gasteiger partial charge in [0.2, 0.25) is 0 Å². The highest BCUT2D eigenvalue weighted by Gasteiger charge is 2.44. The van der Waals surface area contributed by atoms with Crippen molar-refractivity contribution in [2.24, 2.45) is 27.3 Å². The van der Waals surface area contributed by atoms with Crippen molar-refractivity contribution < 1.29 is 23.2 Å². The van der Waals surface area contributed by atoms with E-state index < -0.39 is 15.8 Å². The first-order valence-corrected chi connectivity index (χ1v) is 17.3. The minimum Gasteiger partial charge on any atom is -0.490 e. The number of ether oxygens (including phenoxy) is 3. The molecule has 2 aromatic rings. The molecular weight excluding hydrogens is 562 g/mol. The molecule has 2 aliphatic carbocycles. The second-order valence-corrected chi connectivity index (χ2v) is 15.0. The van der Waals surface area contributed by atoms with Crippen LogP contribution >= 0.6 is 0 Å². The van der Waals surface area contributed by atoms with E-state index in [-0.39, 0.29) is 23.2 Å². The SMILES string of the molecule is COC[C@H]1C/C=C/[C@H](OC)[C@@H]2CC[C@H]2CN2C[C@@]3(CCCc4cc(C)ccc43)COc3ccc(cc32)C(=O)N=[S@](N)(=O)C1. The number of anilines is 1. The summed E-state index contributed by atoms with van der Waals surface area (Å²) in [5.41, 5.74) is 5.19. The van der Waals surface area contributed by atoms with Gasteiger partial charge in [0.1, 0.15) is 15.7 Å². The molecule has 9 heteroatoms. The molecule has 2 aliphatic heterocycles. The van der Waals surface area contributed by atoms with Gasteiger partial charge in [-0.25, -0.2) is 9.35 Å². The molecule has 1 saturated carbocycles. The van der Waals surface area contributed by atoms with Gasteiger partial charge in [-0.15, -0.1) is 4.36 Å². The van der Waals surface area contributed by atoms with E-state index in [1.54, 1.807) is 20.3 Å². The summed E-state index contributed by atoms with van der Waals surface area (Å²) in [6.45, 7) is 4.76. The normalized spacial score (nSPS) is 33.3. The minimum absolute atomic E-state index is 0.00952. The molecule has 1 amide bonds. The third kappa shape index (κ3) is 6.27. The van der Waals surface area contributed by atoms with E-state index in [2.05, 4.69) is 46.5 Å². The molecule has 6 atom stereocenters. The fraction of sp³-hybridized carbons (Fsp3) is 0.559. The van der Waals surface area contributed by atoms with Gasteiger partial charge in [0.15, 0.2) is 0 Å². The summed E-state index contributed by atoms with van der Waals surface area (Å²) < 4.78 is 35.5. The first-order chi connectivity index (χ1) is 20.7. The van der Waals surface area contributed by atoms with Crippen LogP contribution in [0.5, 0.6) is 5.75 Å². The summed E-state index contributed by atoms with van der Waals surface area (Å²) >= 11 is 0. The molecule has 8 nitrogen and oxygen atoms in total. The van der Waals surface area contributed by atoms with E-state index in [0.29, 0.717) is 37.0 Å². The van der Waals surface area contributed by atoms with Gasteiger partial charge in [-0.05, 0) is 92.5 Å². The number of hydrogen-bond acceptors (Lipinski definition) is 6. The number of benzene rings is 2. The van der Waals surface area contributed by atoms with E-state index in [0.717, 1.165) is 56.6 Å². The standard InChI is InChI=1S/C34H45N3O5S/c1-23-9-13-29-25(16-23)7-5-15-34(29)21-37-18-27-10-12-28(27)31(41-3)8-4-6-24(19-40-2)20-43(35,39)36-33(38)26-11-14-32(42-22-34)30(37)17-26/h4,8-9,11,13-14,16-17,24,27-28,31H,5-7,10,12,15,18-22H2,1-3H3,(H2,35,36,38,39)/b8-4+/t24-,27+,28-,31+,34+,43+/m1/s1. The van der Waals surface area contributed by atoms with Gasteiger partial charge in [0.25, 0.3) is 5.91 Å². The molecule has 1 spiro atoms. The Morgan fingerprint density at radius 1 is 1.19 bits per heavy atom. The highest BCUT2D eigenvalue weighted by atomic mass is 32.2. The number of carbonyl (C=O) groups excluding carboxylic acids is 1. The zero-order valence-electron chi connectivity index (χ0n) is 25.6. The van der Waals surface area contributed by atoms with Crippen LogP contribution in [0.15, 0.2) is 52.9 Å². The van der Waals surface area contributed by atoms with Gasteiger partial charge < -0.3 is 19.1 Å². The number of methoxy groups -OCH3 is 2. The van der Waals surface area contributed by atoms with Crippen LogP contribution in [-0.4, -0.2) is 62.5 Å². The van der Waals surface area contributed by atoms with Gasteiger partial charge in [-0.1, -0.05) is 35.9 Å². The lowest BCUT2D eigenvalue weighted by atomic mass is 9.68. The quantitative estimate of drug-likeness (QED) is 0.481. The van der Waals surface area contributed by atoms with Crippen LogP contribution in [0.2, 0.25) is 0 Å². The maximum atomic E-state index is 13.4. The molecule has 2 N–H and O–H groups in total. The summed E-state index contributed by atoms with van der Waals surface area (Å²) in [4.78, 5) is 15.9. The van der Waals surface area contributed by atoms with Crippen molar-refractivity contribution in [3.8, 4) is 5.75 Å². The maximum Gasteiger partial charge on any atom is 0.286 e. The Hall–Kier alpha value is -2.72. The van der Waals surface area contributed by atoms with E-state index in [1.807, 2.05) is 12.1 Å². The summed E-state index contributed by atoms with van der Waals surface area (Å²) in [6, 6.07) is 12.3. The van der Waals surface area contributed by atoms with Gasteiger partial charge in [-0.2, -0.15) is 0 Å². The molecule has 4 aliphatic rings. The van der Waals surface area contributed by atoms with Crippen LogP contribution in [0.3, 0.4) is 0 Å². The smallest absolute Gasteiger partial charge is 0.286 e. The average molecular weight is 608 g/mol. The van der Waals surface area contributed by atoms with Crippen molar-refractivity contribution in [1.29, 1.82) is 0 Å². The molecule has 43 heavy (non-hydrogen) atoms. The van der Waals surface area contributed by atoms with E-state index in [9.17, 15) is 9.00 Å². The number of fused-ring (bicyclic) bond motifs is 4. The fourth-order valence-electron chi connectivity index (χ4n) is 7.73. The molecule has 0 radical (unpaired) electrons. The number of nitrogens with zero attached hydrogens (tertiary/aromatic N) is 2. The topological polar surface area (TPSA) is 103 Å². The van der Waals surface area contributed by atoms with Gasteiger partial charge in [0, 0.05) is 38.3 Å². The van der Waals surface area contributed by atoms with Gasteiger partial charge in [-0.3, -0.25) is 4.79 Å². The average Bonchev–Trinajstić information content (AvgIpc) is 3.10. The van der Waals surface area contributed by atoms with Crippen LogP contribution in [-0.2, 0) is 31.2 Å². The van der Waals surface area contributed by atoms with Crippen LogP contribution in [0.25, 0.3) is 0 Å². The van der Waals surface area contributed by atoms with Crippen molar-refractivity contribution in [3.05, 3.63) is 70.8 Å². The third-order valence-corrected chi connectivity index (χ3v) is 11.4. The minimum atomic E-state index is -3.27. The lowest BCUT2D eigenvalue weighted by Gasteiger charge is -2.46. The van der Waals surface area contributed by atoms with E-state index in [1.165, 1.54) is 16.7 Å². The number of hydrogen-bond donors (Lipinski definition) is 1. The molecule has 2 heterocycles. The first-order valence-electron chi connectivity index (χ1n) is 15.6. The van der Waals surface area contributed by atoms with E-state index in [4.69, 9.17) is 19.3 Å². The Balaban J connectivity index is 1.43. The highest BCUT2D eigenvalue weighted by Crippen LogP contribution is 2.46. The van der Waals surface area contributed by atoms with E-state index >= 15 is 0 Å². The molecule has 2 bridgehead atoms. The monoisotopic (exact) mass is 607 g/mol. The summed E-state index contributed by atoms with van der Waals surface area (Å²) in [6.07, 6.45) is 10.3. The number of allylic oxidation sites excluding steroid dienone is 1. The van der Waals surface area contributed by atoms with Gasteiger partial charge >= 0.3 is 0 Å². The van der Waals surface area contributed by atoms with Crippen LogP contribution in [0, 0.1) is 24.7 Å². The molecule has 2 aromatic carbocycles. The first kappa shape index (κ1) is 30.3. The Labute approximate surface area is 256 Å². The highest BCUT2D eigenvalue weighted by molar-refractivity contribution is 7.91. The predicted octanol–water partition coefficient (Wildman–Crippen LogP) is 5.21. The molecule has 0 aromatic heterocycles. The summed E-state index contributed by atoms with van der Waals surface area (Å²) in [5.74, 6) is 0.968. The predicted molar refractivity (Wildman–Crippen MR) is 170 cm³/mol. The third-order valence-electron chi connectivity index (χ3n) is 10.0. The summed E-state index contributed by atoms with van der Waals surface area (Å²) in [7, 11) is 0.121. The second kappa shape index (κ2) is 12.3. The Morgan fingerprint density at radius 2 is 2.05 bits per heavy atom. The number of rotatable bonds is 3. The zero-order chi connectivity index (χ0) is 30.2. The Bertz CT molecular complexity index is 1520. The zero-order valence-corrected chi connectivity index (χ0v) is 26.4. The molecule has 0 unspecified atom stereocenters. The van der Waals surface area contributed by atoms with Crippen molar-refractivity contribution >= 4 is 21.5 Å². The number of carbonyl (C=O) groups is 1. The Kier molecular flexibility index (Phi) is 8.70. The van der Waals surface area contributed by atoms with Crippen LogP contribution in [0.4, 0.5) is 5.69 Å². The fourth-order valence-corrected chi connectivity index (χ4v) is 9.10. The molecule has 0 saturated heterocycles. The number of amides is 1. The lowest BCUT2D eigenvalue weighted by molar-refractivity contribution is 0.0131. The summed E-state index contributed by atoms with van der Waals surface area (Å²) in [5, 5.41) is 6.17. The molecule has 1 fully saturated rings. The van der Waals surface area contributed by atoms with Crippen molar-refractivity contribution in [2.75, 3.05) is 51.2 Å². The number of aryl methyl sites for hydroxylation is 2. The van der Waals surface area contributed by atoms with Crippen LogP contribution < -0.4 is 14.8 Å². The van der Waals surface area contributed by atoms with Crippen molar-refractivity contribution in [2.45, 2.75) is 57.0 Å². The van der Waals surface area contributed by atoms with Crippen LogP contribution in [0.1, 0.15) is 59.2 Å². The molecule has 232 valence electrons. The maximum absolute atomic E-state index is 13.4. The van der Waals surface area contributed by atoms with Crippen molar-refractivity contribution in [3.63, 3.8) is 0 Å². The van der Waals surface area contributed by atoms with Crippen molar-refractivity contribution in [1.82, 2.24) is 0 Å². The molecule has 6 rings (SSSR count). The largest absolute Gasteiger partial charge is 0.490 e. The molecular formula is C34H45N3O5S. The van der Waals surface area contributed by atoms with Gasteiger partial charge in [0.05, 0.1) is 30.8 Å². The lowest BCUT2D eigenvalue weighted by Crippen LogP contribution is -2.49. The number of nitrogens with two attached hydrogens (primary N) is 1.